The minimum Gasteiger partial charge on any atom is -0.393 e. The summed E-state index contributed by atoms with van der Waals surface area (Å²) in [6.07, 6.45) is 2.96. The second-order valence-electron chi connectivity index (χ2n) is 6.27. The van der Waals surface area contributed by atoms with Crippen molar-refractivity contribution in [2.24, 2.45) is 0 Å². The first-order valence-electron chi connectivity index (χ1n) is 8.17. The van der Waals surface area contributed by atoms with Crippen molar-refractivity contribution in [3.05, 3.63) is 47.3 Å². The lowest BCUT2D eigenvalue weighted by Gasteiger charge is -2.26. The van der Waals surface area contributed by atoms with Crippen LogP contribution in [0.4, 0.5) is 0 Å². The number of nitrogens with zero attached hydrogens (tertiary/aromatic N) is 2. The van der Waals surface area contributed by atoms with Gasteiger partial charge in [0.1, 0.15) is 0 Å². The fourth-order valence-electron chi connectivity index (χ4n) is 3.27. The van der Waals surface area contributed by atoms with E-state index in [1.807, 2.05) is 48.9 Å². The van der Waals surface area contributed by atoms with E-state index in [0.717, 1.165) is 42.8 Å². The highest BCUT2D eigenvalue weighted by Gasteiger charge is 2.24. The van der Waals surface area contributed by atoms with Crippen LogP contribution in [-0.4, -0.2) is 32.9 Å². The third-order valence-electron chi connectivity index (χ3n) is 4.55. The predicted molar refractivity (Wildman–Crippen MR) is 88.8 cm³/mol. The highest BCUT2D eigenvalue weighted by Crippen LogP contribution is 2.21. The predicted octanol–water partition coefficient (Wildman–Crippen LogP) is 2.52. The summed E-state index contributed by atoms with van der Waals surface area (Å²) in [5, 5.41) is 17.2. The third-order valence-corrected chi connectivity index (χ3v) is 4.55. The van der Waals surface area contributed by atoms with E-state index in [-0.39, 0.29) is 18.1 Å². The summed E-state index contributed by atoms with van der Waals surface area (Å²) < 4.78 is 1.81. The number of nitrogens with one attached hydrogen (secondary N) is 1. The van der Waals surface area contributed by atoms with Gasteiger partial charge in [0.2, 0.25) is 0 Å². The van der Waals surface area contributed by atoms with E-state index in [4.69, 9.17) is 0 Å². The van der Waals surface area contributed by atoms with E-state index < -0.39 is 0 Å². The van der Waals surface area contributed by atoms with E-state index in [9.17, 15) is 9.90 Å². The van der Waals surface area contributed by atoms with Crippen LogP contribution in [0.15, 0.2) is 30.3 Å². The number of carbonyl (C=O) groups excluding carboxylic acids is 1. The topological polar surface area (TPSA) is 67.2 Å². The van der Waals surface area contributed by atoms with Crippen LogP contribution in [0.5, 0.6) is 0 Å². The van der Waals surface area contributed by atoms with E-state index in [1.54, 1.807) is 0 Å². The van der Waals surface area contributed by atoms with Gasteiger partial charge in [-0.3, -0.25) is 4.79 Å². The quantitative estimate of drug-likeness (QED) is 0.915. The summed E-state index contributed by atoms with van der Waals surface area (Å²) in [5.74, 6) is -0.0661. The Hall–Kier alpha value is -2.14. The highest BCUT2D eigenvalue weighted by molar-refractivity contribution is 5.96. The van der Waals surface area contributed by atoms with Gasteiger partial charge in [-0.1, -0.05) is 18.2 Å². The first-order chi connectivity index (χ1) is 11.1. The molecule has 0 spiro atoms. The first kappa shape index (κ1) is 15.7. The van der Waals surface area contributed by atoms with Crippen LogP contribution in [0.3, 0.4) is 0 Å². The smallest absolute Gasteiger partial charge is 0.255 e. The van der Waals surface area contributed by atoms with Crippen LogP contribution in [-0.2, 0) is 0 Å². The number of aliphatic hydroxyl groups is 1. The maximum Gasteiger partial charge on any atom is 0.255 e. The molecule has 1 saturated carbocycles. The molecule has 0 saturated heterocycles. The number of carbonyl (C=O) groups is 1. The minimum absolute atomic E-state index is 0.0661. The number of aliphatic hydroxyl groups excluding tert-OH is 1. The van der Waals surface area contributed by atoms with Gasteiger partial charge in [0.15, 0.2) is 0 Å². The summed E-state index contributed by atoms with van der Waals surface area (Å²) in [5.41, 5.74) is 3.19. The van der Waals surface area contributed by atoms with Gasteiger partial charge in [0.25, 0.3) is 5.91 Å². The molecule has 1 amide bonds. The van der Waals surface area contributed by atoms with Gasteiger partial charge in [-0.05, 0) is 51.7 Å². The van der Waals surface area contributed by atoms with Gasteiger partial charge in [-0.25, -0.2) is 4.68 Å². The summed E-state index contributed by atoms with van der Waals surface area (Å²) in [7, 11) is 0. The fourth-order valence-corrected chi connectivity index (χ4v) is 3.27. The monoisotopic (exact) mass is 313 g/mol. The van der Waals surface area contributed by atoms with Crippen molar-refractivity contribution in [1.29, 1.82) is 0 Å². The van der Waals surface area contributed by atoms with Crippen molar-refractivity contribution in [2.75, 3.05) is 0 Å². The summed E-state index contributed by atoms with van der Waals surface area (Å²) in [4.78, 5) is 12.7. The van der Waals surface area contributed by atoms with Crippen LogP contribution >= 0.6 is 0 Å². The van der Waals surface area contributed by atoms with Gasteiger partial charge in [0, 0.05) is 6.04 Å². The Morgan fingerprint density at radius 1 is 1.17 bits per heavy atom. The van der Waals surface area contributed by atoms with E-state index >= 15 is 0 Å². The molecule has 0 unspecified atom stereocenters. The Bertz CT molecular complexity index is 686. The SMILES string of the molecule is Cc1nn(-c2ccccc2)c(C)c1C(=O)NC1CCC(O)CC1. The molecular weight excluding hydrogens is 290 g/mol. The summed E-state index contributed by atoms with van der Waals surface area (Å²) >= 11 is 0. The van der Waals surface area contributed by atoms with Crippen molar-refractivity contribution in [2.45, 2.75) is 51.7 Å². The highest BCUT2D eigenvalue weighted by atomic mass is 16.3. The largest absolute Gasteiger partial charge is 0.393 e. The molecule has 1 aromatic heterocycles. The Kier molecular flexibility index (Phi) is 4.48. The molecule has 2 N–H and O–H groups in total. The Morgan fingerprint density at radius 3 is 2.48 bits per heavy atom. The fraction of sp³-hybridized carbons (Fsp3) is 0.444. The standard InChI is InChI=1S/C18H23N3O2/c1-12-17(18(23)19-14-8-10-16(22)11-9-14)13(2)21(20-12)15-6-4-3-5-7-15/h3-7,14,16,22H,8-11H2,1-2H3,(H,19,23). The molecular formula is C18H23N3O2. The molecule has 3 rings (SSSR count). The maximum atomic E-state index is 12.7. The molecule has 0 aliphatic heterocycles. The van der Waals surface area contributed by atoms with E-state index in [2.05, 4.69) is 10.4 Å². The lowest BCUT2D eigenvalue weighted by atomic mass is 9.93. The van der Waals surface area contributed by atoms with Crippen LogP contribution in [0.2, 0.25) is 0 Å². The molecule has 23 heavy (non-hydrogen) atoms. The van der Waals surface area contributed by atoms with Crippen molar-refractivity contribution in [3.63, 3.8) is 0 Å². The Balaban J connectivity index is 1.80. The van der Waals surface area contributed by atoms with Gasteiger partial charge in [-0.2, -0.15) is 5.10 Å². The molecule has 5 heteroatoms. The number of hydrogen-bond acceptors (Lipinski definition) is 3. The lowest BCUT2D eigenvalue weighted by molar-refractivity contribution is 0.0866. The number of benzene rings is 1. The molecule has 0 radical (unpaired) electrons. The molecule has 0 atom stereocenters. The maximum absolute atomic E-state index is 12.7. The zero-order valence-corrected chi connectivity index (χ0v) is 13.6. The van der Waals surface area contributed by atoms with Crippen LogP contribution in [0, 0.1) is 13.8 Å². The van der Waals surface area contributed by atoms with Gasteiger partial charge < -0.3 is 10.4 Å². The lowest BCUT2D eigenvalue weighted by Crippen LogP contribution is -2.39. The molecule has 2 aromatic rings. The number of rotatable bonds is 3. The van der Waals surface area contributed by atoms with Crippen LogP contribution in [0.1, 0.15) is 47.4 Å². The Morgan fingerprint density at radius 2 is 1.83 bits per heavy atom. The number of amides is 1. The second-order valence-corrected chi connectivity index (χ2v) is 6.27. The molecule has 5 nitrogen and oxygen atoms in total. The van der Waals surface area contributed by atoms with E-state index in [0.29, 0.717) is 5.56 Å². The summed E-state index contributed by atoms with van der Waals surface area (Å²) in [6.45, 7) is 3.79. The van der Waals surface area contributed by atoms with Crippen molar-refractivity contribution >= 4 is 5.91 Å². The van der Waals surface area contributed by atoms with Crippen molar-refractivity contribution < 1.29 is 9.90 Å². The van der Waals surface area contributed by atoms with E-state index in [1.165, 1.54) is 0 Å². The molecule has 1 aliphatic rings. The van der Waals surface area contributed by atoms with Crippen LogP contribution in [0.25, 0.3) is 5.69 Å². The normalized spacial score (nSPS) is 21.2. The van der Waals surface area contributed by atoms with Gasteiger partial charge in [0.05, 0.1) is 28.7 Å². The zero-order valence-electron chi connectivity index (χ0n) is 13.6. The summed E-state index contributed by atoms with van der Waals surface area (Å²) in [6, 6.07) is 9.97. The molecule has 1 fully saturated rings. The van der Waals surface area contributed by atoms with Gasteiger partial charge >= 0.3 is 0 Å². The Labute approximate surface area is 136 Å². The molecule has 0 bridgehead atoms. The van der Waals surface area contributed by atoms with Crippen molar-refractivity contribution in [3.8, 4) is 5.69 Å². The number of aryl methyl sites for hydroxylation is 1. The molecule has 1 heterocycles. The molecule has 1 aliphatic carbocycles. The molecule has 122 valence electrons. The van der Waals surface area contributed by atoms with Crippen LogP contribution < -0.4 is 5.32 Å². The first-order valence-corrected chi connectivity index (χ1v) is 8.17. The zero-order chi connectivity index (χ0) is 16.4. The number of aromatic nitrogens is 2. The third kappa shape index (κ3) is 3.29. The van der Waals surface area contributed by atoms with Gasteiger partial charge in [-0.15, -0.1) is 0 Å². The number of para-hydroxylation sites is 1. The average Bonchev–Trinajstić information content (AvgIpc) is 2.85. The number of hydrogen-bond donors (Lipinski definition) is 2. The minimum atomic E-state index is -0.215. The van der Waals surface area contributed by atoms with Crippen molar-refractivity contribution in [1.82, 2.24) is 15.1 Å². The second kappa shape index (κ2) is 6.54. The molecule has 1 aromatic carbocycles. The average molecular weight is 313 g/mol.